The first-order chi connectivity index (χ1) is 9.33. The SMILES string of the molecule is O=C1NCCN1CCNc1ccc2c(c1)OCCO2. The zero-order chi connectivity index (χ0) is 13.1. The van der Waals surface area contributed by atoms with E-state index in [4.69, 9.17) is 9.47 Å². The summed E-state index contributed by atoms with van der Waals surface area (Å²) >= 11 is 0. The third-order valence-electron chi connectivity index (χ3n) is 3.20. The molecule has 102 valence electrons. The van der Waals surface area contributed by atoms with Crippen LogP contribution in [0.3, 0.4) is 0 Å². The van der Waals surface area contributed by atoms with Gasteiger partial charge in [0.25, 0.3) is 0 Å². The molecule has 1 saturated heterocycles. The third kappa shape index (κ3) is 2.67. The molecule has 6 nitrogen and oxygen atoms in total. The van der Waals surface area contributed by atoms with E-state index in [0.29, 0.717) is 26.3 Å². The summed E-state index contributed by atoms with van der Waals surface area (Å²) in [6.45, 7) is 4.12. The highest BCUT2D eigenvalue weighted by atomic mass is 16.6. The number of hydrogen-bond acceptors (Lipinski definition) is 4. The quantitative estimate of drug-likeness (QED) is 0.847. The van der Waals surface area contributed by atoms with E-state index in [-0.39, 0.29) is 6.03 Å². The highest BCUT2D eigenvalue weighted by Crippen LogP contribution is 2.32. The number of ether oxygens (including phenoxy) is 2. The monoisotopic (exact) mass is 263 g/mol. The van der Waals surface area contributed by atoms with Crippen LogP contribution in [-0.2, 0) is 0 Å². The van der Waals surface area contributed by atoms with Gasteiger partial charge in [-0.05, 0) is 12.1 Å². The topological polar surface area (TPSA) is 62.8 Å². The number of anilines is 1. The molecule has 2 aliphatic heterocycles. The molecule has 0 aromatic heterocycles. The number of benzene rings is 1. The van der Waals surface area contributed by atoms with Gasteiger partial charge in [-0.3, -0.25) is 0 Å². The van der Waals surface area contributed by atoms with Crippen LogP contribution < -0.4 is 20.1 Å². The predicted molar refractivity (Wildman–Crippen MR) is 70.9 cm³/mol. The highest BCUT2D eigenvalue weighted by molar-refractivity contribution is 5.76. The molecule has 2 heterocycles. The first-order valence-corrected chi connectivity index (χ1v) is 6.49. The van der Waals surface area contributed by atoms with Crippen molar-refractivity contribution in [2.45, 2.75) is 0 Å². The Bertz CT molecular complexity index is 478. The van der Waals surface area contributed by atoms with Gasteiger partial charge in [-0.2, -0.15) is 0 Å². The Labute approximate surface area is 111 Å². The van der Waals surface area contributed by atoms with E-state index in [1.165, 1.54) is 0 Å². The van der Waals surface area contributed by atoms with E-state index < -0.39 is 0 Å². The number of amides is 2. The van der Waals surface area contributed by atoms with Crippen molar-refractivity contribution in [3.63, 3.8) is 0 Å². The van der Waals surface area contributed by atoms with E-state index in [0.717, 1.165) is 30.3 Å². The van der Waals surface area contributed by atoms with Gasteiger partial charge in [0, 0.05) is 37.9 Å². The Morgan fingerprint density at radius 3 is 2.89 bits per heavy atom. The molecule has 0 atom stereocenters. The average Bonchev–Trinajstić information content (AvgIpc) is 2.84. The zero-order valence-electron chi connectivity index (χ0n) is 10.6. The second-order valence-electron chi connectivity index (χ2n) is 4.50. The molecule has 0 unspecified atom stereocenters. The average molecular weight is 263 g/mol. The van der Waals surface area contributed by atoms with E-state index in [2.05, 4.69) is 10.6 Å². The summed E-state index contributed by atoms with van der Waals surface area (Å²) in [7, 11) is 0. The summed E-state index contributed by atoms with van der Waals surface area (Å²) < 4.78 is 11.0. The fraction of sp³-hybridized carbons (Fsp3) is 0.462. The van der Waals surface area contributed by atoms with Gasteiger partial charge < -0.3 is 25.0 Å². The Morgan fingerprint density at radius 2 is 2.11 bits per heavy atom. The summed E-state index contributed by atoms with van der Waals surface area (Å²) in [6.07, 6.45) is 0. The zero-order valence-corrected chi connectivity index (χ0v) is 10.6. The van der Waals surface area contributed by atoms with Crippen molar-refractivity contribution in [2.75, 3.05) is 44.7 Å². The molecule has 1 aromatic carbocycles. The number of nitrogens with one attached hydrogen (secondary N) is 2. The predicted octanol–water partition coefficient (Wildman–Crippen LogP) is 0.895. The van der Waals surface area contributed by atoms with E-state index in [1.807, 2.05) is 18.2 Å². The number of carbonyl (C=O) groups is 1. The van der Waals surface area contributed by atoms with Crippen molar-refractivity contribution in [3.05, 3.63) is 18.2 Å². The summed E-state index contributed by atoms with van der Waals surface area (Å²) in [5.74, 6) is 1.56. The Morgan fingerprint density at radius 1 is 1.26 bits per heavy atom. The second kappa shape index (κ2) is 5.26. The lowest BCUT2D eigenvalue weighted by molar-refractivity contribution is 0.171. The fourth-order valence-electron chi connectivity index (χ4n) is 2.21. The lowest BCUT2D eigenvalue weighted by Crippen LogP contribution is -2.32. The molecular weight excluding hydrogens is 246 g/mol. The molecular formula is C13H17N3O3. The lowest BCUT2D eigenvalue weighted by atomic mass is 10.2. The number of carbonyl (C=O) groups excluding carboxylic acids is 1. The molecule has 0 aliphatic carbocycles. The minimum absolute atomic E-state index is 0.0176. The van der Waals surface area contributed by atoms with Gasteiger partial charge in [0.05, 0.1) is 0 Å². The van der Waals surface area contributed by atoms with Gasteiger partial charge in [-0.25, -0.2) is 4.79 Å². The minimum atomic E-state index is 0.0176. The van der Waals surface area contributed by atoms with Crippen molar-refractivity contribution in [1.82, 2.24) is 10.2 Å². The van der Waals surface area contributed by atoms with Crippen LogP contribution in [0, 0.1) is 0 Å². The van der Waals surface area contributed by atoms with Crippen LogP contribution in [0.15, 0.2) is 18.2 Å². The third-order valence-corrected chi connectivity index (χ3v) is 3.20. The lowest BCUT2D eigenvalue weighted by Gasteiger charge is -2.20. The molecule has 1 aromatic rings. The highest BCUT2D eigenvalue weighted by Gasteiger charge is 2.18. The maximum Gasteiger partial charge on any atom is 0.317 e. The van der Waals surface area contributed by atoms with Gasteiger partial charge in [0.2, 0.25) is 0 Å². The summed E-state index contributed by atoms with van der Waals surface area (Å²) in [6, 6.07) is 5.80. The van der Waals surface area contributed by atoms with Gasteiger partial charge in [0.15, 0.2) is 11.5 Å². The number of rotatable bonds is 4. The van der Waals surface area contributed by atoms with Crippen LogP contribution in [0.25, 0.3) is 0 Å². The van der Waals surface area contributed by atoms with Crippen molar-refractivity contribution in [3.8, 4) is 11.5 Å². The van der Waals surface area contributed by atoms with E-state index in [1.54, 1.807) is 4.90 Å². The molecule has 0 saturated carbocycles. The van der Waals surface area contributed by atoms with Gasteiger partial charge in [-0.1, -0.05) is 0 Å². The summed E-state index contributed by atoms with van der Waals surface area (Å²) in [4.78, 5) is 13.2. The molecule has 2 amide bonds. The summed E-state index contributed by atoms with van der Waals surface area (Å²) in [5, 5.41) is 6.07. The van der Waals surface area contributed by atoms with Crippen LogP contribution in [0.2, 0.25) is 0 Å². The minimum Gasteiger partial charge on any atom is -0.486 e. The van der Waals surface area contributed by atoms with Crippen molar-refractivity contribution >= 4 is 11.7 Å². The van der Waals surface area contributed by atoms with Crippen molar-refractivity contribution < 1.29 is 14.3 Å². The molecule has 0 bridgehead atoms. The van der Waals surface area contributed by atoms with Gasteiger partial charge in [-0.15, -0.1) is 0 Å². The molecule has 3 rings (SSSR count). The van der Waals surface area contributed by atoms with Crippen molar-refractivity contribution in [2.24, 2.45) is 0 Å². The Balaban J connectivity index is 1.53. The Hall–Kier alpha value is -2.11. The standard InChI is InChI=1S/C13H17N3O3/c17-13-15-4-6-16(13)5-3-14-10-1-2-11-12(9-10)19-8-7-18-11/h1-2,9,14H,3-8H2,(H,15,17). The van der Waals surface area contributed by atoms with Crippen LogP contribution in [0.5, 0.6) is 11.5 Å². The van der Waals surface area contributed by atoms with Gasteiger partial charge in [0.1, 0.15) is 13.2 Å². The molecule has 2 aliphatic rings. The van der Waals surface area contributed by atoms with Crippen LogP contribution in [0.4, 0.5) is 10.5 Å². The second-order valence-corrected chi connectivity index (χ2v) is 4.50. The first-order valence-electron chi connectivity index (χ1n) is 6.49. The van der Waals surface area contributed by atoms with Crippen molar-refractivity contribution in [1.29, 1.82) is 0 Å². The first kappa shape index (κ1) is 12.0. The van der Waals surface area contributed by atoms with E-state index in [9.17, 15) is 4.79 Å². The number of urea groups is 1. The number of nitrogens with zero attached hydrogens (tertiary/aromatic N) is 1. The molecule has 19 heavy (non-hydrogen) atoms. The van der Waals surface area contributed by atoms with Gasteiger partial charge >= 0.3 is 6.03 Å². The fourth-order valence-corrected chi connectivity index (χ4v) is 2.21. The smallest absolute Gasteiger partial charge is 0.317 e. The summed E-state index contributed by atoms with van der Waals surface area (Å²) in [5.41, 5.74) is 0.976. The van der Waals surface area contributed by atoms with Crippen LogP contribution in [-0.4, -0.2) is 50.3 Å². The maximum absolute atomic E-state index is 11.4. The number of fused-ring (bicyclic) bond motifs is 1. The molecule has 6 heteroatoms. The number of hydrogen-bond donors (Lipinski definition) is 2. The maximum atomic E-state index is 11.4. The normalized spacial score (nSPS) is 17.3. The van der Waals surface area contributed by atoms with Crippen LogP contribution >= 0.6 is 0 Å². The van der Waals surface area contributed by atoms with E-state index >= 15 is 0 Å². The Kier molecular flexibility index (Phi) is 3.31. The molecule has 0 spiro atoms. The molecule has 0 radical (unpaired) electrons. The van der Waals surface area contributed by atoms with Crippen LogP contribution in [0.1, 0.15) is 0 Å². The molecule has 1 fully saturated rings. The molecule has 2 N–H and O–H groups in total. The largest absolute Gasteiger partial charge is 0.486 e.